The smallest absolute Gasteiger partial charge is 0.181 e. The van der Waals surface area contributed by atoms with Gasteiger partial charge in [-0.3, -0.25) is 4.79 Å². The van der Waals surface area contributed by atoms with Gasteiger partial charge in [0.15, 0.2) is 5.78 Å². The second-order valence-electron chi connectivity index (χ2n) is 4.48. The van der Waals surface area contributed by atoms with Crippen LogP contribution in [-0.2, 0) is 6.42 Å². The van der Waals surface area contributed by atoms with E-state index in [1.165, 1.54) is 0 Å². The third-order valence-electron chi connectivity index (χ3n) is 3.21. The molecule has 0 saturated carbocycles. The molecule has 3 nitrogen and oxygen atoms in total. The highest BCUT2D eigenvalue weighted by molar-refractivity contribution is 5.97. The molecule has 0 aliphatic heterocycles. The summed E-state index contributed by atoms with van der Waals surface area (Å²) in [6.45, 7) is 1.94. The summed E-state index contributed by atoms with van der Waals surface area (Å²) in [4.78, 5) is 16.3. The Labute approximate surface area is 100 Å². The fraction of sp³-hybridized carbons (Fsp3) is 0.286. The van der Waals surface area contributed by atoms with Gasteiger partial charge in [0.05, 0.1) is 5.69 Å². The quantitative estimate of drug-likeness (QED) is 0.749. The van der Waals surface area contributed by atoms with Crippen molar-refractivity contribution in [2.24, 2.45) is 0 Å². The van der Waals surface area contributed by atoms with Crippen LogP contribution >= 0.6 is 0 Å². The van der Waals surface area contributed by atoms with Crippen LogP contribution in [0.2, 0.25) is 0 Å². The highest BCUT2D eigenvalue weighted by Gasteiger charge is 2.22. The van der Waals surface area contributed by atoms with E-state index in [9.17, 15) is 4.79 Å². The first-order valence-corrected chi connectivity index (χ1v) is 5.93. The molecule has 2 heterocycles. The molecular formula is C14H14N2O. The van der Waals surface area contributed by atoms with E-state index in [1.807, 2.05) is 31.5 Å². The van der Waals surface area contributed by atoms with Crippen LogP contribution in [0.1, 0.15) is 34.6 Å². The van der Waals surface area contributed by atoms with Crippen LogP contribution in [0.5, 0.6) is 0 Å². The zero-order valence-electron chi connectivity index (χ0n) is 9.81. The van der Waals surface area contributed by atoms with Crippen molar-refractivity contribution in [3.8, 4) is 5.69 Å². The predicted molar refractivity (Wildman–Crippen MR) is 65.6 cm³/mol. The van der Waals surface area contributed by atoms with Gasteiger partial charge in [-0.2, -0.15) is 0 Å². The standard InChI is InChI=1S/C14H14N2O/c1-10-9-12(16-7-2-3-8-16)11-5-4-6-13(17)14(11)15-10/h2-3,7-9H,4-6H2,1H3. The van der Waals surface area contributed by atoms with Gasteiger partial charge in [0, 0.05) is 30.1 Å². The summed E-state index contributed by atoms with van der Waals surface area (Å²) in [5.74, 6) is 0.184. The van der Waals surface area contributed by atoms with Crippen molar-refractivity contribution in [2.75, 3.05) is 0 Å². The number of Topliss-reactive ketones (excluding diaryl/α,β-unsaturated/α-hetero) is 1. The summed E-state index contributed by atoms with van der Waals surface area (Å²) < 4.78 is 2.06. The van der Waals surface area contributed by atoms with Crippen LogP contribution in [0.3, 0.4) is 0 Å². The maximum atomic E-state index is 11.9. The van der Waals surface area contributed by atoms with Gasteiger partial charge < -0.3 is 4.57 Å². The Hall–Kier alpha value is -1.90. The summed E-state index contributed by atoms with van der Waals surface area (Å²) >= 11 is 0. The van der Waals surface area contributed by atoms with Crippen molar-refractivity contribution in [1.29, 1.82) is 0 Å². The number of hydrogen-bond donors (Lipinski definition) is 0. The number of ketones is 1. The van der Waals surface area contributed by atoms with E-state index in [-0.39, 0.29) is 5.78 Å². The molecular weight excluding hydrogens is 212 g/mol. The van der Waals surface area contributed by atoms with Crippen molar-refractivity contribution >= 4 is 5.78 Å². The van der Waals surface area contributed by atoms with Crippen molar-refractivity contribution in [3.05, 3.63) is 47.5 Å². The lowest BCUT2D eigenvalue weighted by Gasteiger charge is -2.19. The highest BCUT2D eigenvalue weighted by atomic mass is 16.1. The monoisotopic (exact) mass is 226 g/mol. The van der Waals surface area contributed by atoms with Crippen LogP contribution in [0.25, 0.3) is 5.69 Å². The van der Waals surface area contributed by atoms with E-state index in [0.717, 1.165) is 29.8 Å². The van der Waals surface area contributed by atoms with Gasteiger partial charge >= 0.3 is 0 Å². The van der Waals surface area contributed by atoms with E-state index < -0.39 is 0 Å². The number of fused-ring (bicyclic) bond motifs is 1. The Morgan fingerprint density at radius 2 is 2.00 bits per heavy atom. The molecule has 0 aromatic carbocycles. The second-order valence-corrected chi connectivity index (χ2v) is 4.48. The van der Waals surface area contributed by atoms with Gasteiger partial charge in [-0.1, -0.05) is 0 Å². The van der Waals surface area contributed by atoms with Crippen LogP contribution < -0.4 is 0 Å². The average molecular weight is 226 g/mol. The van der Waals surface area contributed by atoms with Crippen molar-refractivity contribution in [3.63, 3.8) is 0 Å². The Bertz CT molecular complexity index is 570. The lowest BCUT2D eigenvalue weighted by Crippen LogP contribution is -2.16. The minimum Gasteiger partial charge on any atom is -0.323 e. The molecule has 3 heteroatoms. The largest absolute Gasteiger partial charge is 0.323 e. The van der Waals surface area contributed by atoms with E-state index >= 15 is 0 Å². The molecule has 0 saturated heterocycles. The number of hydrogen-bond acceptors (Lipinski definition) is 2. The van der Waals surface area contributed by atoms with Gasteiger partial charge in [0.1, 0.15) is 5.69 Å². The number of aromatic nitrogens is 2. The lowest BCUT2D eigenvalue weighted by atomic mass is 9.93. The van der Waals surface area contributed by atoms with Gasteiger partial charge in [-0.15, -0.1) is 0 Å². The molecule has 2 aromatic heterocycles. The summed E-state index contributed by atoms with van der Waals surface area (Å²) in [7, 11) is 0. The van der Waals surface area contributed by atoms with E-state index in [2.05, 4.69) is 15.6 Å². The van der Waals surface area contributed by atoms with E-state index in [0.29, 0.717) is 12.1 Å². The zero-order valence-corrected chi connectivity index (χ0v) is 9.81. The van der Waals surface area contributed by atoms with Crippen molar-refractivity contribution in [2.45, 2.75) is 26.2 Å². The molecule has 0 radical (unpaired) electrons. The molecule has 0 amide bonds. The van der Waals surface area contributed by atoms with Crippen LogP contribution in [0.15, 0.2) is 30.6 Å². The first kappa shape index (κ1) is 10.3. The van der Waals surface area contributed by atoms with Crippen molar-refractivity contribution in [1.82, 2.24) is 9.55 Å². The number of rotatable bonds is 1. The normalized spacial score (nSPS) is 14.8. The second kappa shape index (κ2) is 3.84. The van der Waals surface area contributed by atoms with E-state index in [4.69, 9.17) is 0 Å². The topological polar surface area (TPSA) is 34.9 Å². The summed E-state index contributed by atoms with van der Waals surface area (Å²) in [5.41, 5.74) is 3.79. The molecule has 0 atom stereocenters. The predicted octanol–water partition coefficient (Wildman–Crippen LogP) is 2.70. The number of carbonyl (C=O) groups excluding carboxylic acids is 1. The number of nitrogens with zero attached hydrogens (tertiary/aromatic N) is 2. The van der Waals surface area contributed by atoms with Gasteiger partial charge in [0.25, 0.3) is 0 Å². The Balaban J connectivity index is 2.25. The zero-order chi connectivity index (χ0) is 11.8. The number of aryl methyl sites for hydroxylation is 1. The molecule has 0 N–H and O–H groups in total. The molecule has 86 valence electrons. The van der Waals surface area contributed by atoms with Gasteiger partial charge in [-0.25, -0.2) is 4.98 Å². The lowest BCUT2D eigenvalue weighted by molar-refractivity contribution is 0.0967. The first-order chi connectivity index (χ1) is 8.25. The first-order valence-electron chi connectivity index (χ1n) is 5.93. The molecule has 0 unspecified atom stereocenters. The third kappa shape index (κ3) is 1.68. The molecule has 0 bridgehead atoms. The SMILES string of the molecule is Cc1cc(-n2cccc2)c2c(n1)C(=O)CCC2. The minimum absolute atomic E-state index is 0.184. The van der Waals surface area contributed by atoms with Gasteiger partial charge in [0.2, 0.25) is 0 Å². The van der Waals surface area contributed by atoms with E-state index in [1.54, 1.807) is 0 Å². The maximum Gasteiger partial charge on any atom is 0.181 e. The summed E-state index contributed by atoms with van der Waals surface area (Å²) in [6.07, 6.45) is 6.53. The number of pyridine rings is 1. The molecule has 1 aliphatic rings. The molecule has 17 heavy (non-hydrogen) atoms. The van der Waals surface area contributed by atoms with Crippen LogP contribution in [0.4, 0.5) is 0 Å². The average Bonchev–Trinajstić information content (AvgIpc) is 2.83. The third-order valence-corrected chi connectivity index (χ3v) is 3.21. The molecule has 0 spiro atoms. The molecule has 0 fully saturated rings. The fourth-order valence-corrected chi connectivity index (χ4v) is 2.43. The Morgan fingerprint density at radius 1 is 1.24 bits per heavy atom. The molecule has 1 aliphatic carbocycles. The fourth-order valence-electron chi connectivity index (χ4n) is 2.43. The van der Waals surface area contributed by atoms with Crippen molar-refractivity contribution < 1.29 is 4.79 Å². The van der Waals surface area contributed by atoms with Gasteiger partial charge in [-0.05, 0) is 38.0 Å². The molecule has 3 rings (SSSR count). The number of carbonyl (C=O) groups is 1. The minimum atomic E-state index is 0.184. The maximum absolute atomic E-state index is 11.9. The molecule has 2 aromatic rings. The summed E-state index contributed by atoms with van der Waals surface area (Å²) in [5, 5.41) is 0. The van der Waals surface area contributed by atoms with Crippen LogP contribution in [-0.4, -0.2) is 15.3 Å². The Kier molecular flexibility index (Phi) is 2.32. The van der Waals surface area contributed by atoms with Crippen LogP contribution in [0, 0.1) is 6.92 Å². The Morgan fingerprint density at radius 3 is 2.76 bits per heavy atom. The highest BCUT2D eigenvalue weighted by Crippen LogP contribution is 2.26. The summed E-state index contributed by atoms with van der Waals surface area (Å²) in [6, 6.07) is 6.04.